The minimum Gasteiger partial charge on any atom is -0.357 e. The lowest BCUT2D eigenvalue weighted by atomic mass is 9.84. The van der Waals surface area contributed by atoms with Crippen LogP contribution in [0.2, 0.25) is 0 Å². The van der Waals surface area contributed by atoms with E-state index in [0.29, 0.717) is 5.41 Å². The maximum Gasteiger partial charge on any atom is 0.191 e. The molecule has 128 valence electrons. The molecule has 1 saturated heterocycles. The van der Waals surface area contributed by atoms with E-state index >= 15 is 0 Å². The number of hydrogen-bond acceptors (Lipinski definition) is 2. The summed E-state index contributed by atoms with van der Waals surface area (Å²) in [5, 5.41) is 7.02. The predicted octanol–water partition coefficient (Wildman–Crippen LogP) is 2.85. The summed E-state index contributed by atoms with van der Waals surface area (Å²) in [6, 6.07) is 0. The number of likely N-dealkylation sites (tertiary alicyclic amines) is 1. The van der Waals surface area contributed by atoms with Crippen LogP contribution in [-0.2, 0) is 0 Å². The van der Waals surface area contributed by atoms with Crippen molar-refractivity contribution in [2.24, 2.45) is 16.3 Å². The fraction of sp³-hybridized carbons (Fsp3) is 0.944. The van der Waals surface area contributed by atoms with Crippen molar-refractivity contribution in [2.45, 2.75) is 58.8 Å². The molecule has 0 bridgehead atoms. The average molecular weight is 309 g/mol. The van der Waals surface area contributed by atoms with Crippen LogP contribution in [0, 0.1) is 11.3 Å². The van der Waals surface area contributed by atoms with Gasteiger partial charge in [-0.05, 0) is 70.5 Å². The SMILES string of the molecule is CCNC(=NCC1(CC)CCCC1)NCC1CCN(C)CC1. The molecule has 1 saturated carbocycles. The Morgan fingerprint density at radius 3 is 2.41 bits per heavy atom. The Morgan fingerprint density at radius 1 is 1.14 bits per heavy atom. The van der Waals surface area contributed by atoms with E-state index in [1.54, 1.807) is 0 Å². The third kappa shape index (κ3) is 5.15. The lowest BCUT2D eigenvalue weighted by Gasteiger charge is -2.29. The normalized spacial score (nSPS) is 23.7. The summed E-state index contributed by atoms with van der Waals surface area (Å²) in [5.74, 6) is 1.83. The summed E-state index contributed by atoms with van der Waals surface area (Å²) in [6.07, 6.45) is 9.39. The molecule has 0 aromatic rings. The van der Waals surface area contributed by atoms with Crippen molar-refractivity contribution in [1.82, 2.24) is 15.5 Å². The first-order valence-electron chi connectivity index (χ1n) is 9.38. The number of nitrogens with one attached hydrogen (secondary N) is 2. The minimum atomic E-state index is 0.482. The molecule has 0 atom stereocenters. The second-order valence-electron chi connectivity index (χ2n) is 7.38. The van der Waals surface area contributed by atoms with Crippen LogP contribution >= 0.6 is 0 Å². The van der Waals surface area contributed by atoms with E-state index in [9.17, 15) is 0 Å². The van der Waals surface area contributed by atoms with E-state index < -0.39 is 0 Å². The van der Waals surface area contributed by atoms with Crippen molar-refractivity contribution in [2.75, 3.05) is 39.8 Å². The van der Waals surface area contributed by atoms with Crippen molar-refractivity contribution < 1.29 is 0 Å². The second-order valence-corrected chi connectivity index (χ2v) is 7.38. The third-order valence-corrected chi connectivity index (χ3v) is 5.73. The van der Waals surface area contributed by atoms with Crippen molar-refractivity contribution in [1.29, 1.82) is 0 Å². The van der Waals surface area contributed by atoms with Crippen LogP contribution in [0.1, 0.15) is 58.8 Å². The molecular formula is C18H36N4. The Morgan fingerprint density at radius 2 is 1.82 bits per heavy atom. The lowest BCUT2D eigenvalue weighted by molar-refractivity contribution is 0.220. The monoisotopic (exact) mass is 308 g/mol. The van der Waals surface area contributed by atoms with Crippen LogP contribution in [0.25, 0.3) is 0 Å². The Kier molecular flexibility index (Phi) is 7.00. The van der Waals surface area contributed by atoms with E-state index in [1.807, 2.05) is 0 Å². The molecule has 0 spiro atoms. The first-order valence-corrected chi connectivity index (χ1v) is 9.38. The number of aliphatic imine (C=N–C) groups is 1. The Bertz CT molecular complexity index is 339. The van der Waals surface area contributed by atoms with Gasteiger partial charge >= 0.3 is 0 Å². The highest BCUT2D eigenvalue weighted by Crippen LogP contribution is 2.41. The molecule has 0 radical (unpaired) electrons. The predicted molar refractivity (Wildman–Crippen MR) is 95.4 cm³/mol. The summed E-state index contributed by atoms with van der Waals surface area (Å²) in [5.41, 5.74) is 0.482. The second kappa shape index (κ2) is 8.76. The van der Waals surface area contributed by atoms with E-state index in [4.69, 9.17) is 4.99 Å². The molecule has 22 heavy (non-hydrogen) atoms. The molecular weight excluding hydrogens is 272 g/mol. The Labute approximate surface area is 137 Å². The van der Waals surface area contributed by atoms with Crippen molar-refractivity contribution in [3.63, 3.8) is 0 Å². The summed E-state index contributed by atoms with van der Waals surface area (Å²) in [6.45, 7) is 9.96. The van der Waals surface area contributed by atoms with Gasteiger partial charge in [-0.2, -0.15) is 0 Å². The summed E-state index contributed by atoms with van der Waals surface area (Å²) < 4.78 is 0. The third-order valence-electron chi connectivity index (χ3n) is 5.73. The van der Waals surface area contributed by atoms with Gasteiger partial charge in [0, 0.05) is 19.6 Å². The van der Waals surface area contributed by atoms with Gasteiger partial charge in [-0.3, -0.25) is 4.99 Å². The molecule has 2 fully saturated rings. The fourth-order valence-corrected chi connectivity index (χ4v) is 3.84. The average Bonchev–Trinajstić information content (AvgIpc) is 3.01. The topological polar surface area (TPSA) is 39.7 Å². The molecule has 1 aliphatic heterocycles. The molecule has 0 aromatic heterocycles. The highest BCUT2D eigenvalue weighted by molar-refractivity contribution is 5.79. The Balaban J connectivity index is 1.82. The van der Waals surface area contributed by atoms with Crippen LogP contribution in [0.4, 0.5) is 0 Å². The quantitative estimate of drug-likeness (QED) is 0.585. The van der Waals surface area contributed by atoms with Crippen LogP contribution < -0.4 is 10.6 Å². The zero-order valence-electron chi connectivity index (χ0n) is 15.0. The van der Waals surface area contributed by atoms with Crippen LogP contribution in [0.3, 0.4) is 0 Å². The van der Waals surface area contributed by atoms with Gasteiger partial charge in [0.2, 0.25) is 0 Å². The minimum absolute atomic E-state index is 0.482. The molecule has 2 aliphatic rings. The zero-order valence-corrected chi connectivity index (χ0v) is 15.0. The first kappa shape index (κ1) is 17.6. The number of guanidine groups is 1. The molecule has 0 aromatic carbocycles. The van der Waals surface area contributed by atoms with Gasteiger partial charge in [0.15, 0.2) is 5.96 Å². The molecule has 4 nitrogen and oxygen atoms in total. The summed E-state index contributed by atoms with van der Waals surface area (Å²) in [4.78, 5) is 7.35. The summed E-state index contributed by atoms with van der Waals surface area (Å²) in [7, 11) is 2.22. The smallest absolute Gasteiger partial charge is 0.191 e. The van der Waals surface area contributed by atoms with Gasteiger partial charge in [-0.25, -0.2) is 0 Å². The van der Waals surface area contributed by atoms with Gasteiger partial charge in [0.1, 0.15) is 0 Å². The summed E-state index contributed by atoms with van der Waals surface area (Å²) >= 11 is 0. The highest BCUT2D eigenvalue weighted by Gasteiger charge is 2.31. The van der Waals surface area contributed by atoms with Crippen LogP contribution in [0.15, 0.2) is 4.99 Å². The van der Waals surface area contributed by atoms with Crippen molar-refractivity contribution in [3.8, 4) is 0 Å². The van der Waals surface area contributed by atoms with Crippen LogP contribution in [-0.4, -0.2) is 50.6 Å². The van der Waals surface area contributed by atoms with E-state index in [-0.39, 0.29) is 0 Å². The standard InChI is InChI=1S/C18H36N4/c1-4-18(10-6-7-11-18)15-21-17(19-5-2)20-14-16-8-12-22(3)13-9-16/h16H,4-15H2,1-3H3,(H2,19,20,21). The van der Waals surface area contributed by atoms with Crippen LogP contribution in [0.5, 0.6) is 0 Å². The van der Waals surface area contributed by atoms with E-state index in [0.717, 1.165) is 31.5 Å². The highest BCUT2D eigenvalue weighted by atomic mass is 15.2. The number of rotatable bonds is 6. The number of hydrogen-bond donors (Lipinski definition) is 2. The van der Waals surface area contributed by atoms with Gasteiger partial charge in [-0.1, -0.05) is 19.8 Å². The van der Waals surface area contributed by atoms with Crippen molar-refractivity contribution in [3.05, 3.63) is 0 Å². The maximum absolute atomic E-state index is 4.92. The molecule has 4 heteroatoms. The maximum atomic E-state index is 4.92. The molecule has 0 amide bonds. The molecule has 2 rings (SSSR count). The largest absolute Gasteiger partial charge is 0.357 e. The van der Waals surface area contributed by atoms with Gasteiger partial charge in [0.25, 0.3) is 0 Å². The van der Waals surface area contributed by atoms with Crippen molar-refractivity contribution >= 4 is 5.96 Å². The van der Waals surface area contributed by atoms with Gasteiger partial charge in [0.05, 0.1) is 0 Å². The zero-order chi connectivity index (χ0) is 15.8. The number of nitrogens with zero attached hydrogens (tertiary/aromatic N) is 2. The number of piperidine rings is 1. The Hall–Kier alpha value is -0.770. The fourth-order valence-electron chi connectivity index (χ4n) is 3.84. The molecule has 2 N–H and O–H groups in total. The van der Waals surface area contributed by atoms with Gasteiger partial charge < -0.3 is 15.5 Å². The lowest BCUT2D eigenvalue weighted by Crippen LogP contribution is -2.42. The first-order chi connectivity index (χ1) is 10.7. The molecule has 1 heterocycles. The van der Waals surface area contributed by atoms with E-state index in [2.05, 4.69) is 36.4 Å². The molecule has 0 unspecified atom stereocenters. The van der Waals surface area contributed by atoms with Gasteiger partial charge in [-0.15, -0.1) is 0 Å². The molecule has 1 aliphatic carbocycles. The van der Waals surface area contributed by atoms with E-state index in [1.165, 1.54) is 58.0 Å².